The van der Waals surface area contributed by atoms with Crippen LogP contribution in [-0.4, -0.2) is 69.0 Å². The predicted molar refractivity (Wildman–Crippen MR) is 123 cm³/mol. The highest BCUT2D eigenvalue weighted by atomic mass is 32.2. The number of aromatic nitrogens is 1. The van der Waals surface area contributed by atoms with E-state index in [2.05, 4.69) is 32.6 Å². The Labute approximate surface area is 186 Å². The van der Waals surface area contributed by atoms with Crippen LogP contribution in [0.5, 0.6) is 0 Å². The second kappa shape index (κ2) is 9.77. The molecule has 3 fully saturated rings. The van der Waals surface area contributed by atoms with Crippen molar-refractivity contribution in [3.05, 3.63) is 59.9 Å². The number of aryl methyl sites for hydroxylation is 1. The Morgan fingerprint density at radius 1 is 1.19 bits per heavy atom. The van der Waals surface area contributed by atoms with Gasteiger partial charge in [0.25, 0.3) is 0 Å². The van der Waals surface area contributed by atoms with Gasteiger partial charge in [-0.25, -0.2) is 13.1 Å². The van der Waals surface area contributed by atoms with Crippen LogP contribution in [0.1, 0.15) is 24.1 Å². The number of pyridine rings is 1. The lowest BCUT2D eigenvalue weighted by Gasteiger charge is -2.50. The van der Waals surface area contributed by atoms with Crippen LogP contribution in [0, 0.1) is 18.8 Å². The van der Waals surface area contributed by atoms with Gasteiger partial charge in [-0.2, -0.15) is 0 Å². The van der Waals surface area contributed by atoms with E-state index in [-0.39, 0.29) is 0 Å². The molecule has 3 aliphatic rings. The van der Waals surface area contributed by atoms with Gasteiger partial charge in [-0.15, -0.1) is 0 Å². The topological polar surface area (TPSA) is 65.5 Å². The summed E-state index contributed by atoms with van der Waals surface area (Å²) in [4.78, 5) is 9.69. The molecule has 3 saturated heterocycles. The standard InChI is InChI=1S/C24H34N4O2S/c1-19-6-8-24(9-7-19)31(29,30)26-16-23-15-20-10-14-28(23)18-21(20)17-27(2)13-11-22-5-3-4-12-25-22/h3-9,12,20-21,23,26H,10-11,13-18H2,1-2H3/t20-,21+,23+/m1/s1. The Bertz CT molecular complexity index is 949. The average molecular weight is 443 g/mol. The van der Waals surface area contributed by atoms with Crippen LogP contribution in [0.15, 0.2) is 53.6 Å². The van der Waals surface area contributed by atoms with Crippen molar-refractivity contribution in [3.63, 3.8) is 0 Å². The predicted octanol–water partition coefficient (Wildman–Crippen LogP) is 2.55. The zero-order valence-electron chi connectivity index (χ0n) is 18.6. The molecule has 0 radical (unpaired) electrons. The zero-order valence-corrected chi connectivity index (χ0v) is 19.4. The van der Waals surface area contributed by atoms with E-state index >= 15 is 0 Å². The number of nitrogens with one attached hydrogen (secondary N) is 1. The molecular formula is C24H34N4O2S. The van der Waals surface area contributed by atoms with E-state index in [1.807, 2.05) is 37.4 Å². The van der Waals surface area contributed by atoms with Gasteiger partial charge in [0, 0.05) is 50.5 Å². The fraction of sp³-hybridized carbons (Fsp3) is 0.542. The van der Waals surface area contributed by atoms with Gasteiger partial charge >= 0.3 is 0 Å². The van der Waals surface area contributed by atoms with E-state index in [1.54, 1.807) is 12.1 Å². The molecule has 1 aromatic heterocycles. The summed E-state index contributed by atoms with van der Waals surface area (Å²) >= 11 is 0. The van der Waals surface area contributed by atoms with Gasteiger partial charge in [-0.3, -0.25) is 9.88 Å². The summed E-state index contributed by atoms with van der Waals surface area (Å²) in [6.45, 7) is 6.71. The molecule has 2 bridgehead atoms. The molecule has 7 heteroatoms. The molecular weight excluding hydrogens is 408 g/mol. The Kier molecular flexibility index (Phi) is 7.06. The maximum atomic E-state index is 12.6. The lowest BCUT2D eigenvalue weighted by Crippen LogP contribution is -2.58. The molecule has 31 heavy (non-hydrogen) atoms. The summed E-state index contributed by atoms with van der Waals surface area (Å²) in [6.07, 6.45) is 5.13. The highest BCUT2D eigenvalue weighted by Crippen LogP contribution is 2.36. The van der Waals surface area contributed by atoms with Gasteiger partial charge in [0.05, 0.1) is 4.90 Å². The number of piperidine rings is 3. The molecule has 0 amide bonds. The molecule has 4 heterocycles. The van der Waals surface area contributed by atoms with Crippen LogP contribution >= 0.6 is 0 Å². The normalized spacial score (nSPS) is 25.8. The van der Waals surface area contributed by atoms with Crippen molar-refractivity contribution in [1.82, 2.24) is 19.5 Å². The molecule has 1 unspecified atom stereocenters. The SMILES string of the molecule is Cc1ccc(S(=O)(=O)NC[C@@H]2C[C@H]3CCN2C[C@@H]3CN(C)CCc2ccccn2)cc1. The van der Waals surface area contributed by atoms with Crippen LogP contribution in [0.2, 0.25) is 0 Å². The molecule has 1 aromatic carbocycles. The highest BCUT2D eigenvalue weighted by molar-refractivity contribution is 7.89. The van der Waals surface area contributed by atoms with Crippen molar-refractivity contribution >= 4 is 10.0 Å². The van der Waals surface area contributed by atoms with Crippen LogP contribution in [-0.2, 0) is 16.4 Å². The fourth-order valence-electron chi connectivity index (χ4n) is 5.02. The smallest absolute Gasteiger partial charge is 0.240 e. The third-order valence-electron chi connectivity index (χ3n) is 6.88. The molecule has 3 aliphatic heterocycles. The number of sulfonamides is 1. The number of likely N-dealkylation sites (N-methyl/N-ethyl adjacent to an activating group) is 1. The minimum Gasteiger partial charge on any atom is -0.306 e. The molecule has 0 aliphatic carbocycles. The Hall–Kier alpha value is -1.80. The monoisotopic (exact) mass is 442 g/mol. The number of benzene rings is 1. The molecule has 5 rings (SSSR count). The van der Waals surface area contributed by atoms with Crippen molar-refractivity contribution in [2.75, 3.05) is 39.8 Å². The lowest BCUT2D eigenvalue weighted by atomic mass is 9.75. The van der Waals surface area contributed by atoms with Gasteiger partial charge < -0.3 is 4.90 Å². The Balaban J connectivity index is 1.26. The second-order valence-corrected chi connectivity index (χ2v) is 11.0. The quantitative estimate of drug-likeness (QED) is 0.647. The van der Waals surface area contributed by atoms with Crippen molar-refractivity contribution in [1.29, 1.82) is 0 Å². The summed E-state index contributed by atoms with van der Waals surface area (Å²) in [5.74, 6) is 1.34. The Morgan fingerprint density at radius 2 is 2.00 bits per heavy atom. The molecule has 0 saturated carbocycles. The van der Waals surface area contributed by atoms with Crippen LogP contribution in [0.4, 0.5) is 0 Å². The molecule has 168 valence electrons. The first-order chi connectivity index (χ1) is 14.9. The summed E-state index contributed by atoms with van der Waals surface area (Å²) < 4.78 is 28.2. The first-order valence-electron chi connectivity index (χ1n) is 11.3. The van der Waals surface area contributed by atoms with Crippen LogP contribution in [0.3, 0.4) is 0 Å². The molecule has 1 N–H and O–H groups in total. The highest BCUT2D eigenvalue weighted by Gasteiger charge is 2.40. The van der Waals surface area contributed by atoms with E-state index in [0.29, 0.717) is 29.3 Å². The minimum atomic E-state index is -3.45. The third kappa shape index (κ3) is 5.71. The minimum absolute atomic E-state index is 0.300. The largest absolute Gasteiger partial charge is 0.306 e. The lowest BCUT2D eigenvalue weighted by molar-refractivity contribution is -0.00735. The molecule has 2 aromatic rings. The first-order valence-corrected chi connectivity index (χ1v) is 12.8. The van der Waals surface area contributed by atoms with Crippen LogP contribution in [0.25, 0.3) is 0 Å². The average Bonchev–Trinajstić information content (AvgIpc) is 2.78. The summed E-state index contributed by atoms with van der Waals surface area (Å²) in [7, 11) is -1.25. The summed E-state index contributed by atoms with van der Waals surface area (Å²) in [6, 6.07) is 13.4. The van der Waals surface area contributed by atoms with Gasteiger partial charge in [0.2, 0.25) is 10.0 Å². The van der Waals surface area contributed by atoms with E-state index in [0.717, 1.165) is 50.3 Å². The fourth-order valence-corrected chi connectivity index (χ4v) is 6.09. The van der Waals surface area contributed by atoms with E-state index < -0.39 is 10.0 Å². The first kappa shape index (κ1) is 22.4. The third-order valence-corrected chi connectivity index (χ3v) is 8.32. The zero-order chi connectivity index (χ0) is 21.8. The number of nitrogens with zero attached hydrogens (tertiary/aromatic N) is 3. The second-order valence-electron chi connectivity index (χ2n) is 9.19. The van der Waals surface area contributed by atoms with Crippen molar-refractivity contribution in [3.8, 4) is 0 Å². The van der Waals surface area contributed by atoms with Crippen molar-refractivity contribution < 1.29 is 8.42 Å². The van der Waals surface area contributed by atoms with Crippen molar-refractivity contribution in [2.45, 2.75) is 37.1 Å². The van der Waals surface area contributed by atoms with Gasteiger partial charge in [0.15, 0.2) is 0 Å². The number of fused-ring (bicyclic) bond motifs is 3. The summed E-state index contributed by atoms with van der Waals surface area (Å²) in [5, 5.41) is 0. The van der Waals surface area contributed by atoms with E-state index in [4.69, 9.17) is 0 Å². The van der Waals surface area contributed by atoms with Crippen molar-refractivity contribution in [2.24, 2.45) is 11.8 Å². The van der Waals surface area contributed by atoms with E-state index in [1.165, 1.54) is 6.42 Å². The van der Waals surface area contributed by atoms with Gasteiger partial charge in [-0.05, 0) is 69.5 Å². The maximum absolute atomic E-state index is 12.6. The molecule has 4 atom stereocenters. The maximum Gasteiger partial charge on any atom is 0.240 e. The summed E-state index contributed by atoms with van der Waals surface area (Å²) in [5.41, 5.74) is 2.20. The Morgan fingerprint density at radius 3 is 2.68 bits per heavy atom. The molecule has 0 spiro atoms. The number of rotatable bonds is 9. The van der Waals surface area contributed by atoms with Gasteiger partial charge in [-0.1, -0.05) is 23.8 Å². The number of hydrogen-bond donors (Lipinski definition) is 1. The molecule has 6 nitrogen and oxygen atoms in total. The van der Waals surface area contributed by atoms with E-state index in [9.17, 15) is 8.42 Å². The van der Waals surface area contributed by atoms with Crippen LogP contribution < -0.4 is 4.72 Å². The number of hydrogen-bond acceptors (Lipinski definition) is 5. The van der Waals surface area contributed by atoms with Gasteiger partial charge in [0.1, 0.15) is 0 Å².